The van der Waals surface area contributed by atoms with Crippen molar-refractivity contribution >= 4 is 46.3 Å². The molecule has 0 aliphatic rings. The molecule has 0 aliphatic carbocycles. The van der Waals surface area contributed by atoms with Gasteiger partial charge in [0.2, 0.25) is 0 Å². The summed E-state index contributed by atoms with van der Waals surface area (Å²) in [6.45, 7) is 5.99. The summed E-state index contributed by atoms with van der Waals surface area (Å²) in [6, 6.07) is 4.14. The van der Waals surface area contributed by atoms with E-state index >= 15 is 0 Å². The van der Waals surface area contributed by atoms with Gasteiger partial charge in [0.15, 0.2) is 10.8 Å². The van der Waals surface area contributed by atoms with Gasteiger partial charge in [-0.2, -0.15) is 5.10 Å². The minimum atomic E-state index is -0.544. The summed E-state index contributed by atoms with van der Waals surface area (Å²) < 4.78 is 20.0. The number of benzene rings is 1. The molecular formula is C16H18ClFN4O2S. The maximum Gasteiger partial charge on any atom is 0.361 e. The molecule has 0 fully saturated rings. The molecule has 9 heteroatoms. The zero-order valence-electron chi connectivity index (χ0n) is 14.0. The largest absolute Gasteiger partial charge is 0.458 e. The quantitative estimate of drug-likeness (QED) is 0.598. The minimum Gasteiger partial charge on any atom is -0.458 e. The molecule has 134 valence electrons. The molecule has 0 unspecified atom stereocenters. The zero-order valence-corrected chi connectivity index (χ0v) is 15.5. The minimum absolute atomic E-state index is 0.0206. The van der Waals surface area contributed by atoms with Crippen LogP contribution in [0.2, 0.25) is 5.02 Å². The molecule has 0 saturated carbocycles. The Hall–Kier alpha value is -2.19. The summed E-state index contributed by atoms with van der Waals surface area (Å²) in [5, 5.41) is 10.1. The number of aromatic nitrogens is 2. The van der Waals surface area contributed by atoms with Crippen molar-refractivity contribution in [1.82, 2.24) is 9.78 Å². The average molecular weight is 385 g/mol. The third kappa shape index (κ3) is 5.14. The Kier molecular flexibility index (Phi) is 6.33. The summed E-state index contributed by atoms with van der Waals surface area (Å²) in [4.78, 5) is 12.2. The lowest BCUT2D eigenvalue weighted by Crippen LogP contribution is -2.21. The van der Waals surface area contributed by atoms with Crippen LogP contribution in [0, 0.1) is 5.82 Å². The van der Waals surface area contributed by atoms with E-state index in [2.05, 4.69) is 15.7 Å². The number of thiocarbonyl (C=S) groups is 1. The molecule has 1 aromatic carbocycles. The van der Waals surface area contributed by atoms with E-state index in [9.17, 15) is 9.18 Å². The molecule has 1 heterocycles. The lowest BCUT2D eigenvalue weighted by molar-refractivity contribution is 0.0371. The molecule has 25 heavy (non-hydrogen) atoms. The number of hydrogen-bond donors (Lipinski definition) is 2. The zero-order chi connectivity index (χ0) is 18.6. The number of esters is 1. The second kappa shape index (κ2) is 8.26. The van der Waals surface area contributed by atoms with Crippen molar-refractivity contribution < 1.29 is 13.9 Å². The van der Waals surface area contributed by atoms with Crippen LogP contribution in [0.1, 0.15) is 31.3 Å². The fourth-order valence-corrected chi connectivity index (χ4v) is 2.36. The van der Waals surface area contributed by atoms with Gasteiger partial charge in [0.1, 0.15) is 5.82 Å². The standard InChI is InChI=1S/C16H18ClFN4O2S/c1-4-22-8-13(14(21-22)15(23)24-9(2)3)20-16(25)19-10-5-6-12(18)11(17)7-10/h5-9H,4H2,1-3H3,(H2,19,20,25). The Morgan fingerprint density at radius 2 is 2.16 bits per heavy atom. The SMILES string of the molecule is CCn1cc(NC(=S)Nc2ccc(F)c(Cl)c2)c(C(=O)OC(C)C)n1. The first kappa shape index (κ1) is 19.1. The predicted octanol–water partition coefficient (Wildman–Crippen LogP) is 4.07. The number of halogens is 2. The molecular weight excluding hydrogens is 367 g/mol. The normalized spacial score (nSPS) is 10.6. The number of aryl methyl sites for hydroxylation is 1. The number of nitrogens with one attached hydrogen (secondary N) is 2. The van der Waals surface area contributed by atoms with Crippen LogP contribution in [0.4, 0.5) is 15.8 Å². The highest BCUT2D eigenvalue weighted by Crippen LogP contribution is 2.20. The van der Waals surface area contributed by atoms with E-state index in [1.165, 1.54) is 18.2 Å². The van der Waals surface area contributed by atoms with E-state index in [0.717, 1.165) is 0 Å². The smallest absolute Gasteiger partial charge is 0.361 e. The van der Waals surface area contributed by atoms with Crippen molar-refractivity contribution in [2.75, 3.05) is 10.6 Å². The Balaban J connectivity index is 2.15. The number of carbonyl (C=O) groups excluding carboxylic acids is 1. The number of rotatable bonds is 5. The van der Waals surface area contributed by atoms with Gasteiger partial charge in [0.25, 0.3) is 0 Å². The lowest BCUT2D eigenvalue weighted by Gasteiger charge is -2.11. The highest BCUT2D eigenvalue weighted by Gasteiger charge is 2.20. The monoisotopic (exact) mass is 384 g/mol. The van der Waals surface area contributed by atoms with Gasteiger partial charge in [-0.05, 0) is 51.2 Å². The first-order valence-corrected chi connectivity index (χ1v) is 8.40. The topological polar surface area (TPSA) is 68.2 Å². The van der Waals surface area contributed by atoms with Crippen LogP contribution in [0.5, 0.6) is 0 Å². The van der Waals surface area contributed by atoms with Gasteiger partial charge in [0, 0.05) is 18.4 Å². The lowest BCUT2D eigenvalue weighted by atomic mass is 10.3. The molecule has 1 aromatic heterocycles. The second-order valence-corrected chi connectivity index (χ2v) is 6.22. The summed E-state index contributed by atoms with van der Waals surface area (Å²) >= 11 is 11.0. The van der Waals surface area contributed by atoms with Crippen LogP contribution in [0.25, 0.3) is 0 Å². The highest BCUT2D eigenvalue weighted by atomic mass is 35.5. The molecule has 6 nitrogen and oxygen atoms in total. The third-order valence-electron chi connectivity index (χ3n) is 3.05. The van der Waals surface area contributed by atoms with E-state index in [1.807, 2.05) is 6.92 Å². The van der Waals surface area contributed by atoms with Crippen LogP contribution < -0.4 is 10.6 Å². The Morgan fingerprint density at radius 1 is 1.44 bits per heavy atom. The van der Waals surface area contributed by atoms with E-state index < -0.39 is 11.8 Å². The van der Waals surface area contributed by atoms with Gasteiger partial charge in [-0.15, -0.1) is 0 Å². The molecule has 2 aromatic rings. The Morgan fingerprint density at radius 3 is 2.76 bits per heavy atom. The molecule has 0 radical (unpaired) electrons. The van der Waals surface area contributed by atoms with Gasteiger partial charge in [0.05, 0.1) is 16.8 Å². The van der Waals surface area contributed by atoms with E-state index in [1.54, 1.807) is 24.7 Å². The number of carbonyl (C=O) groups is 1. The van der Waals surface area contributed by atoms with Gasteiger partial charge >= 0.3 is 5.97 Å². The summed E-state index contributed by atoms with van der Waals surface area (Å²) in [5.74, 6) is -1.06. The molecule has 0 amide bonds. The Labute approximate surface area is 155 Å². The highest BCUT2D eigenvalue weighted by molar-refractivity contribution is 7.80. The molecule has 0 saturated heterocycles. The van der Waals surface area contributed by atoms with Crippen molar-refractivity contribution in [2.24, 2.45) is 0 Å². The van der Waals surface area contributed by atoms with Gasteiger partial charge in [-0.3, -0.25) is 4.68 Å². The summed E-state index contributed by atoms with van der Waals surface area (Å²) in [7, 11) is 0. The Bertz CT molecular complexity index is 794. The van der Waals surface area contributed by atoms with Gasteiger partial charge < -0.3 is 15.4 Å². The van der Waals surface area contributed by atoms with Crippen molar-refractivity contribution in [1.29, 1.82) is 0 Å². The van der Waals surface area contributed by atoms with Crippen molar-refractivity contribution in [3.05, 3.63) is 40.9 Å². The fraction of sp³-hybridized carbons (Fsp3) is 0.312. The number of nitrogens with zero attached hydrogens (tertiary/aromatic N) is 2. The fourth-order valence-electron chi connectivity index (χ4n) is 1.95. The molecule has 0 spiro atoms. The molecule has 2 rings (SSSR count). The number of hydrogen-bond acceptors (Lipinski definition) is 4. The van der Waals surface area contributed by atoms with Crippen LogP contribution >= 0.6 is 23.8 Å². The predicted molar refractivity (Wildman–Crippen MR) is 99.7 cm³/mol. The van der Waals surface area contributed by atoms with Crippen molar-refractivity contribution in [3.63, 3.8) is 0 Å². The number of anilines is 2. The maximum absolute atomic E-state index is 13.2. The van der Waals surface area contributed by atoms with E-state index in [4.69, 9.17) is 28.6 Å². The van der Waals surface area contributed by atoms with Gasteiger partial charge in [-0.1, -0.05) is 11.6 Å². The second-order valence-electron chi connectivity index (χ2n) is 5.41. The maximum atomic E-state index is 13.2. The first-order chi connectivity index (χ1) is 11.8. The van der Waals surface area contributed by atoms with E-state index in [0.29, 0.717) is 17.9 Å². The summed E-state index contributed by atoms with van der Waals surface area (Å²) in [5.41, 5.74) is 1.06. The number of ether oxygens (including phenoxy) is 1. The van der Waals surface area contributed by atoms with Gasteiger partial charge in [-0.25, -0.2) is 9.18 Å². The van der Waals surface area contributed by atoms with Crippen LogP contribution in [-0.4, -0.2) is 27.0 Å². The first-order valence-electron chi connectivity index (χ1n) is 7.61. The van der Waals surface area contributed by atoms with Crippen LogP contribution in [-0.2, 0) is 11.3 Å². The van der Waals surface area contributed by atoms with Crippen LogP contribution in [0.3, 0.4) is 0 Å². The third-order valence-corrected chi connectivity index (χ3v) is 3.54. The van der Waals surface area contributed by atoms with Crippen molar-refractivity contribution in [3.8, 4) is 0 Å². The van der Waals surface area contributed by atoms with Crippen molar-refractivity contribution in [2.45, 2.75) is 33.4 Å². The summed E-state index contributed by atoms with van der Waals surface area (Å²) in [6.07, 6.45) is 1.39. The average Bonchev–Trinajstić information content (AvgIpc) is 2.93. The molecule has 0 atom stereocenters. The molecule has 0 bridgehead atoms. The molecule has 2 N–H and O–H groups in total. The van der Waals surface area contributed by atoms with Crippen LogP contribution in [0.15, 0.2) is 24.4 Å². The van der Waals surface area contributed by atoms with E-state index in [-0.39, 0.29) is 21.9 Å². The molecule has 0 aliphatic heterocycles.